The van der Waals surface area contributed by atoms with Crippen molar-refractivity contribution in [2.45, 2.75) is 98.6 Å². The highest BCUT2D eigenvalue weighted by Gasteiger charge is 2.39. The SMILES string of the molecule is COCCOC(=O)OCC(C)(COC(=O)[C@H](C)OC(=O)[C@H](C)O)C(=O)OCCCCN=C(NC(=O)OC(C)(C)C)NC(=O)OC(C)(C)C. The summed E-state index contributed by atoms with van der Waals surface area (Å²) in [4.78, 5) is 77.6. The molecule has 0 saturated heterocycles. The molecule has 0 saturated carbocycles. The number of hydrogen-bond donors (Lipinski definition) is 3. The fourth-order valence-corrected chi connectivity index (χ4v) is 2.95. The molecule has 0 fully saturated rings. The minimum absolute atomic E-state index is 0.0762. The molecule has 0 aromatic heterocycles. The van der Waals surface area contributed by atoms with E-state index in [4.69, 9.17) is 37.9 Å². The molecular weight excluding hydrogens is 642 g/mol. The van der Waals surface area contributed by atoms with Crippen LogP contribution in [0.2, 0.25) is 0 Å². The minimum Gasteiger partial charge on any atom is -0.465 e. The second kappa shape index (κ2) is 20.9. The molecule has 0 aromatic rings. The summed E-state index contributed by atoms with van der Waals surface area (Å²) in [6, 6.07) is 0. The molecule has 0 heterocycles. The first kappa shape index (κ1) is 43.8. The maximum absolute atomic E-state index is 13.1. The second-order valence-corrected chi connectivity index (χ2v) is 12.6. The third-order valence-electron chi connectivity index (χ3n) is 5.30. The van der Waals surface area contributed by atoms with E-state index in [-0.39, 0.29) is 38.7 Å². The van der Waals surface area contributed by atoms with Crippen LogP contribution >= 0.6 is 0 Å². The van der Waals surface area contributed by atoms with Gasteiger partial charge in [0, 0.05) is 13.7 Å². The third-order valence-corrected chi connectivity index (χ3v) is 5.30. The van der Waals surface area contributed by atoms with Crippen molar-refractivity contribution >= 4 is 42.2 Å². The highest BCUT2D eigenvalue weighted by atomic mass is 16.7. The van der Waals surface area contributed by atoms with Crippen LogP contribution in [0.1, 0.15) is 75.2 Å². The molecule has 18 nitrogen and oxygen atoms in total. The molecule has 48 heavy (non-hydrogen) atoms. The fraction of sp³-hybridized carbons (Fsp3) is 0.767. The van der Waals surface area contributed by atoms with E-state index in [1.807, 2.05) is 0 Å². The summed E-state index contributed by atoms with van der Waals surface area (Å²) in [5.74, 6) is -3.19. The van der Waals surface area contributed by atoms with Crippen molar-refractivity contribution in [3.8, 4) is 0 Å². The molecule has 0 aliphatic carbocycles. The Morgan fingerprint density at radius 2 is 1.25 bits per heavy atom. The van der Waals surface area contributed by atoms with Gasteiger partial charge in [0.1, 0.15) is 42.5 Å². The first-order chi connectivity index (χ1) is 22.1. The molecule has 0 rings (SSSR count). The minimum atomic E-state index is -1.70. The van der Waals surface area contributed by atoms with Gasteiger partial charge in [0.25, 0.3) is 0 Å². The number of nitrogens with one attached hydrogen (secondary N) is 2. The number of guanidine groups is 1. The Balaban J connectivity index is 5.36. The molecule has 3 atom stereocenters. The predicted octanol–water partition coefficient (Wildman–Crippen LogP) is 2.38. The van der Waals surface area contributed by atoms with Crippen molar-refractivity contribution in [1.82, 2.24) is 10.6 Å². The molecule has 3 N–H and O–H groups in total. The van der Waals surface area contributed by atoms with Gasteiger partial charge in [0.15, 0.2) is 6.10 Å². The topological polar surface area (TPSA) is 233 Å². The van der Waals surface area contributed by atoms with Crippen molar-refractivity contribution in [3.63, 3.8) is 0 Å². The highest BCUT2D eigenvalue weighted by Crippen LogP contribution is 2.21. The number of amides is 2. The van der Waals surface area contributed by atoms with Gasteiger partial charge in [-0.2, -0.15) is 0 Å². The van der Waals surface area contributed by atoms with E-state index in [0.717, 1.165) is 6.92 Å². The van der Waals surface area contributed by atoms with Crippen molar-refractivity contribution < 1.29 is 71.8 Å². The van der Waals surface area contributed by atoms with Crippen LogP contribution in [0.15, 0.2) is 4.99 Å². The number of unbranched alkanes of at least 4 members (excludes halogenated alkanes) is 1. The number of aliphatic imine (C=N–C) groups is 1. The normalized spacial score (nSPS) is 13.7. The number of alkyl carbamates (subject to hydrolysis) is 2. The molecule has 1 unspecified atom stereocenters. The van der Waals surface area contributed by atoms with E-state index in [1.54, 1.807) is 41.5 Å². The molecule has 0 spiro atoms. The number of ether oxygens (including phenoxy) is 8. The molecule has 0 radical (unpaired) electrons. The summed E-state index contributed by atoms with van der Waals surface area (Å²) in [5, 5.41) is 14.0. The Morgan fingerprint density at radius 3 is 1.75 bits per heavy atom. The van der Waals surface area contributed by atoms with Crippen LogP contribution in [0.5, 0.6) is 0 Å². The summed E-state index contributed by atoms with van der Waals surface area (Å²) in [7, 11) is 1.41. The molecule has 276 valence electrons. The molecule has 0 bridgehead atoms. The van der Waals surface area contributed by atoms with Gasteiger partial charge in [-0.1, -0.05) is 0 Å². The third kappa shape index (κ3) is 20.8. The van der Waals surface area contributed by atoms with Gasteiger partial charge in [-0.15, -0.1) is 0 Å². The number of hydrogen-bond acceptors (Lipinski definition) is 16. The van der Waals surface area contributed by atoms with E-state index in [2.05, 4.69) is 15.6 Å². The number of aliphatic hydroxyl groups excluding tert-OH is 1. The average Bonchev–Trinajstić information content (AvgIpc) is 2.94. The predicted molar refractivity (Wildman–Crippen MR) is 167 cm³/mol. The molecule has 2 amide bonds. The fourth-order valence-electron chi connectivity index (χ4n) is 2.95. The standard InChI is InChI=1S/C30H51N3O15/c1-19(34)21(35)46-20(2)22(36)44-17-30(9,18-45-27(40)43-16-15-41-10)23(37)42-14-12-11-13-31-24(32-25(38)47-28(3,4)5)33-26(39)48-29(6,7)8/h19-20,34H,11-18H2,1-10H3,(H2,31,32,33,38,39)/t19-,20-,30?/m0/s1. The number of nitrogens with zero attached hydrogens (tertiary/aromatic N) is 1. The Morgan fingerprint density at radius 1 is 0.708 bits per heavy atom. The maximum Gasteiger partial charge on any atom is 0.508 e. The van der Waals surface area contributed by atoms with Crippen LogP contribution in [0, 0.1) is 5.41 Å². The quantitative estimate of drug-likeness (QED) is 0.0692. The lowest BCUT2D eigenvalue weighted by molar-refractivity contribution is -0.177. The van der Waals surface area contributed by atoms with Crippen LogP contribution in [0.4, 0.5) is 14.4 Å². The summed E-state index contributed by atoms with van der Waals surface area (Å²) in [6.07, 6.45) is -5.11. The van der Waals surface area contributed by atoms with Crippen molar-refractivity contribution in [2.75, 3.05) is 46.7 Å². The second-order valence-electron chi connectivity index (χ2n) is 12.6. The summed E-state index contributed by atoms with van der Waals surface area (Å²) in [5.41, 5.74) is -3.32. The molecule has 18 heteroatoms. The van der Waals surface area contributed by atoms with Crippen LogP contribution in [-0.4, -0.2) is 117 Å². The summed E-state index contributed by atoms with van der Waals surface area (Å²) >= 11 is 0. The van der Waals surface area contributed by atoms with Crippen molar-refractivity contribution in [2.24, 2.45) is 10.4 Å². The Bertz CT molecular complexity index is 1080. The number of esters is 3. The lowest BCUT2D eigenvalue weighted by Crippen LogP contribution is -2.47. The van der Waals surface area contributed by atoms with Crippen LogP contribution in [0.3, 0.4) is 0 Å². The van der Waals surface area contributed by atoms with Gasteiger partial charge in [0.05, 0.1) is 13.2 Å². The molecule has 0 aliphatic heterocycles. The summed E-state index contributed by atoms with van der Waals surface area (Å²) in [6.45, 7) is 12.4. The zero-order chi connectivity index (χ0) is 37.1. The molecular formula is C30H51N3O15. The zero-order valence-corrected chi connectivity index (χ0v) is 29.4. The van der Waals surface area contributed by atoms with Crippen molar-refractivity contribution in [3.05, 3.63) is 0 Å². The van der Waals surface area contributed by atoms with Gasteiger partial charge in [-0.3, -0.25) is 20.4 Å². The van der Waals surface area contributed by atoms with E-state index in [0.29, 0.717) is 6.42 Å². The average molecular weight is 694 g/mol. The molecule has 0 aliphatic rings. The van der Waals surface area contributed by atoms with Crippen molar-refractivity contribution in [1.29, 1.82) is 0 Å². The lowest BCUT2D eigenvalue weighted by Gasteiger charge is -2.27. The van der Waals surface area contributed by atoms with E-state index in [9.17, 15) is 33.9 Å². The first-order valence-electron chi connectivity index (χ1n) is 15.1. The van der Waals surface area contributed by atoms with E-state index >= 15 is 0 Å². The maximum atomic E-state index is 13.1. The van der Waals surface area contributed by atoms with E-state index < -0.39 is 78.3 Å². The number of methoxy groups -OCH3 is 1. The van der Waals surface area contributed by atoms with Crippen LogP contribution in [0.25, 0.3) is 0 Å². The van der Waals surface area contributed by atoms with Gasteiger partial charge >= 0.3 is 36.2 Å². The number of carbonyl (C=O) groups excluding carboxylic acids is 6. The van der Waals surface area contributed by atoms with Gasteiger partial charge in [0.2, 0.25) is 5.96 Å². The van der Waals surface area contributed by atoms with Gasteiger partial charge in [-0.05, 0) is 75.2 Å². The highest BCUT2D eigenvalue weighted by molar-refractivity contribution is 6.01. The Labute approximate surface area is 280 Å². The Hall–Kier alpha value is -4.19. The van der Waals surface area contributed by atoms with Crippen LogP contribution in [-0.2, 0) is 52.3 Å². The number of rotatable bonds is 16. The van der Waals surface area contributed by atoms with Crippen LogP contribution < -0.4 is 10.6 Å². The lowest BCUT2D eigenvalue weighted by atomic mass is 9.93. The largest absolute Gasteiger partial charge is 0.508 e. The Kier molecular flexibility index (Phi) is 19.1. The smallest absolute Gasteiger partial charge is 0.465 e. The van der Waals surface area contributed by atoms with E-state index in [1.165, 1.54) is 21.0 Å². The monoisotopic (exact) mass is 693 g/mol. The summed E-state index contributed by atoms with van der Waals surface area (Å²) < 4.78 is 40.3. The van der Waals surface area contributed by atoms with Gasteiger partial charge < -0.3 is 43.0 Å². The number of carbonyl (C=O) groups is 6. The number of aliphatic hydroxyl groups is 1. The first-order valence-corrected chi connectivity index (χ1v) is 15.1. The molecule has 0 aromatic carbocycles. The zero-order valence-electron chi connectivity index (χ0n) is 29.4. The van der Waals surface area contributed by atoms with Gasteiger partial charge in [-0.25, -0.2) is 24.0 Å².